The van der Waals surface area contributed by atoms with Crippen LogP contribution in [-0.2, 0) is 0 Å². The number of rotatable bonds is 5. The molecule has 1 nitrogen and oxygen atoms in total. The van der Waals surface area contributed by atoms with Crippen LogP contribution in [0.1, 0.15) is 48.0 Å². The molecule has 88 valence electrons. The van der Waals surface area contributed by atoms with E-state index >= 15 is 0 Å². The summed E-state index contributed by atoms with van der Waals surface area (Å²) in [6.07, 6.45) is 7.25. The van der Waals surface area contributed by atoms with Crippen LogP contribution in [0, 0.1) is 26.2 Å². The van der Waals surface area contributed by atoms with Crippen molar-refractivity contribution in [2.45, 2.75) is 52.6 Å². The van der Waals surface area contributed by atoms with E-state index in [9.17, 15) is 0 Å². The number of terminal acetylenes is 1. The van der Waals surface area contributed by atoms with Crippen LogP contribution >= 0.6 is 11.3 Å². The van der Waals surface area contributed by atoms with E-state index in [0.717, 1.165) is 12.8 Å². The van der Waals surface area contributed by atoms with Crippen molar-refractivity contribution in [3.05, 3.63) is 21.4 Å². The van der Waals surface area contributed by atoms with Gasteiger partial charge in [0.05, 0.1) is 0 Å². The molecule has 0 saturated carbocycles. The number of thiophene rings is 1. The molecule has 1 N–H and O–H groups in total. The number of aryl methyl sites for hydroxylation is 2. The fraction of sp³-hybridized carbons (Fsp3) is 0.571. The molecule has 0 radical (unpaired) electrons. The van der Waals surface area contributed by atoms with Crippen LogP contribution in [0.15, 0.2) is 6.07 Å². The molecule has 1 heterocycles. The summed E-state index contributed by atoms with van der Waals surface area (Å²) in [6.45, 7) is 8.74. The molecule has 0 aliphatic carbocycles. The number of hydrogen-bond acceptors (Lipinski definition) is 2. The largest absolute Gasteiger partial charge is 0.306 e. The lowest BCUT2D eigenvalue weighted by atomic mass is 10.1. The Morgan fingerprint density at radius 2 is 2.19 bits per heavy atom. The Morgan fingerprint density at radius 1 is 1.50 bits per heavy atom. The van der Waals surface area contributed by atoms with Crippen LogP contribution in [0.25, 0.3) is 0 Å². The van der Waals surface area contributed by atoms with Crippen molar-refractivity contribution in [2.24, 2.45) is 0 Å². The van der Waals surface area contributed by atoms with Gasteiger partial charge in [0.2, 0.25) is 0 Å². The molecular formula is C14H21NS. The fourth-order valence-electron chi connectivity index (χ4n) is 1.99. The maximum Gasteiger partial charge on any atom is 0.0305 e. The highest BCUT2D eigenvalue weighted by Crippen LogP contribution is 2.26. The maximum atomic E-state index is 5.37. The normalized spacial score (nSPS) is 14.4. The zero-order valence-corrected chi connectivity index (χ0v) is 11.4. The van der Waals surface area contributed by atoms with E-state index in [1.54, 1.807) is 0 Å². The van der Waals surface area contributed by atoms with Crippen molar-refractivity contribution in [3.63, 3.8) is 0 Å². The third kappa shape index (κ3) is 3.37. The molecule has 1 aromatic rings. The first-order chi connectivity index (χ1) is 7.58. The molecule has 2 atom stereocenters. The van der Waals surface area contributed by atoms with Gasteiger partial charge < -0.3 is 5.32 Å². The van der Waals surface area contributed by atoms with Crippen LogP contribution in [0.4, 0.5) is 0 Å². The molecule has 0 aliphatic rings. The molecule has 0 spiro atoms. The smallest absolute Gasteiger partial charge is 0.0305 e. The van der Waals surface area contributed by atoms with E-state index < -0.39 is 0 Å². The molecule has 2 heteroatoms. The van der Waals surface area contributed by atoms with E-state index in [4.69, 9.17) is 6.42 Å². The molecule has 0 saturated heterocycles. The van der Waals surface area contributed by atoms with Gasteiger partial charge in [0.15, 0.2) is 0 Å². The van der Waals surface area contributed by atoms with Crippen molar-refractivity contribution >= 4 is 11.3 Å². The van der Waals surface area contributed by atoms with Gasteiger partial charge in [0.25, 0.3) is 0 Å². The third-order valence-electron chi connectivity index (χ3n) is 2.89. The minimum Gasteiger partial charge on any atom is -0.306 e. The summed E-state index contributed by atoms with van der Waals surface area (Å²) < 4.78 is 0. The van der Waals surface area contributed by atoms with E-state index in [2.05, 4.69) is 45.0 Å². The van der Waals surface area contributed by atoms with Crippen molar-refractivity contribution in [3.8, 4) is 12.3 Å². The summed E-state index contributed by atoms with van der Waals surface area (Å²) in [5, 5.41) is 3.60. The van der Waals surface area contributed by atoms with Gasteiger partial charge in [-0.3, -0.25) is 0 Å². The molecule has 16 heavy (non-hydrogen) atoms. The summed E-state index contributed by atoms with van der Waals surface area (Å²) in [6, 6.07) is 3.10. The van der Waals surface area contributed by atoms with E-state index in [1.807, 2.05) is 11.3 Å². The summed E-state index contributed by atoms with van der Waals surface area (Å²) >= 11 is 1.87. The molecular weight excluding hydrogens is 214 g/mol. The topological polar surface area (TPSA) is 12.0 Å². The monoisotopic (exact) mass is 235 g/mol. The Bertz CT molecular complexity index is 373. The molecule has 1 aromatic heterocycles. The highest BCUT2D eigenvalue weighted by molar-refractivity contribution is 7.12. The molecule has 0 amide bonds. The van der Waals surface area contributed by atoms with Gasteiger partial charge >= 0.3 is 0 Å². The van der Waals surface area contributed by atoms with Crippen molar-refractivity contribution < 1.29 is 0 Å². The minimum absolute atomic E-state index is 0.392. The van der Waals surface area contributed by atoms with E-state index in [0.29, 0.717) is 12.1 Å². The number of nitrogens with one attached hydrogen (secondary N) is 1. The van der Waals surface area contributed by atoms with Gasteiger partial charge in [-0.05, 0) is 38.8 Å². The average Bonchev–Trinajstić information content (AvgIpc) is 2.57. The zero-order chi connectivity index (χ0) is 12.1. The molecule has 0 fully saturated rings. The highest BCUT2D eigenvalue weighted by Gasteiger charge is 2.14. The van der Waals surface area contributed by atoms with Crippen LogP contribution in [0.3, 0.4) is 0 Å². The lowest BCUT2D eigenvalue weighted by molar-refractivity contribution is 0.449. The quantitative estimate of drug-likeness (QED) is 0.765. The predicted molar refractivity (Wildman–Crippen MR) is 72.9 cm³/mol. The Kier molecular flexibility index (Phi) is 5.05. The van der Waals surface area contributed by atoms with E-state index in [1.165, 1.54) is 15.3 Å². The Labute approximate surface area is 103 Å². The zero-order valence-electron chi connectivity index (χ0n) is 10.6. The van der Waals surface area contributed by atoms with Gasteiger partial charge in [-0.25, -0.2) is 0 Å². The second-order valence-corrected chi connectivity index (χ2v) is 5.73. The van der Waals surface area contributed by atoms with Crippen LogP contribution < -0.4 is 5.32 Å². The molecule has 1 rings (SSSR count). The second kappa shape index (κ2) is 6.08. The maximum absolute atomic E-state index is 5.37. The molecule has 0 aromatic carbocycles. The SMILES string of the molecule is C#CCC(CC)NC(C)c1cc(C)sc1C. The van der Waals surface area contributed by atoms with Crippen LogP contribution in [0.5, 0.6) is 0 Å². The summed E-state index contributed by atoms with van der Waals surface area (Å²) in [7, 11) is 0. The Morgan fingerprint density at radius 3 is 2.62 bits per heavy atom. The van der Waals surface area contributed by atoms with Gasteiger partial charge in [0, 0.05) is 28.3 Å². The van der Waals surface area contributed by atoms with Gasteiger partial charge in [-0.1, -0.05) is 6.92 Å². The second-order valence-electron chi connectivity index (χ2n) is 4.27. The predicted octanol–water partition coefficient (Wildman–Crippen LogP) is 3.82. The van der Waals surface area contributed by atoms with Gasteiger partial charge in [-0.15, -0.1) is 23.7 Å². The van der Waals surface area contributed by atoms with Gasteiger partial charge in [0.1, 0.15) is 0 Å². The fourth-order valence-corrected chi connectivity index (χ4v) is 3.01. The van der Waals surface area contributed by atoms with Gasteiger partial charge in [-0.2, -0.15) is 0 Å². The summed E-state index contributed by atoms with van der Waals surface area (Å²) in [5.74, 6) is 2.74. The molecule has 0 bridgehead atoms. The number of hydrogen-bond donors (Lipinski definition) is 1. The lowest BCUT2D eigenvalue weighted by Gasteiger charge is -2.20. The molecule has 2 unspecified atom stereocenters. The van der Waals surface area contributed by atoms with Crippen LogP contribution in [0.2, 0.25) is 0 Å². The lowest BCUT2D eigenvalue weighted by Crippen LogP contribution is -2.30. The standard InChI is InChI=1S/C14H21NS/c1-6-8-13(7-2)15-11(4)14-9-10(3)16-12(14)5/h1,9,11,13,15H,7-8H2,2-5H3. The summed E-state index contributed by atoms with van der Waals surface area (Å²) in [5.41, 5.74) is 1.41. The van der Waals surface area contributed by atoms with Crippen LogP contribution in [-0.4, -0.2) is 6.04 Å². The Hall–Kier alpha value is -0.780. The van der Waals surface area contributed by atoms with Crippen molar-refractivity contribution in [1.82, 2.24) is 5.32 Å². The first kappa shape index (κ1) is 13.3. The summed E-state index contributed by atoms with van der Waals surface area (Å²) in [4.78, 5) is 2.79. The Balaban J connectivity index is 2.68. The minimum atomic E-state index is 0.392. The van der Waals surface area contributed by atoms with E-state index in [-0.39, 0.29) is 0 Å². The average molecular weight is 235 g/mol. The highest BCUT2D eigenvalue weighted by atomic mass is 32.1. The molecule has 0 aliphatic heterocycles. The third-order valence-corrected chi connectivity index (χ3v) is 3.87. The first-order valence-corrected chi connectivity index (χ1v) is 6.66. The first-order valence-electron chi connectivity index (χ1n) is 5.84. The van der Waals surface area contributed by atoms with Crippen molar-refractivity contribution in [1.29, 1.82) is 0 Å². The van der Waals surface area contributed by atoms with Crippen molar-refractivity contribution in [2.75, 3.05) is 0 Å².